The maximum Gasteiger partial charge on any atom is 1.00 e. The van der Waals surface area contributed by atoms with Gasteiger partial charge in [-0.05, 0) is 24.6 Å². The molecule has 0 radical (unpaired) electrons. The van der Waals surface area contributed by atoms with E-state index in [0.29, 0.717) is 5.69 Å². The first-order valence-electron chi connectivity index (χ1n) is 3.23. The maximum absolute atomic E-state index is 10.5. The smallest absolute Gasteiger partial charge is 0.744 e. The van der Waals surface area contributed by atoms with E-state index in [2.05, 4.69) is 0 Å². The van der Waals surface area contributed by atoms with Crippen LogP contribution >= 0.6 is 0 Å². The Balaban J connectivity index is 0.00000144. The standard InChI is InChI=1S/C7H9NO3S.Cs/c1-5-2-3-6(4-7(5)8)12(9,10)11;/h2-4H,8H2,1H3,(H,9,10,11);/q;+1/p-1. The van der Waals surface area contributed by atoms with Crippen molar-refractivity contribution in [3.05, 3.63) is 23.8 Å². The SMILES string of the molecule is Cc1ccc(S(=O)(=O)[O-])cc1N.[Cs+]. The Kier molecular flexibility index (Phi) is 5.56. The van der Waals surface area contributed by atoms with Gasteiger partial charge < -0.3 is 10.3 Å². The molecule has 0 saturated carbocycles. The first kappa shape index (κ1) is 14.0. The second-order valence-electron chi connectivity index (χ2n) is 2.47. The Bertz CT molecular complexity index is 402. The minimum Gasteiger partial charge on any atom is -0.744 e. The van der Waals surface area contributed by atoms with E-state index >= 15 is 0 Å². The van der Waals surface area contributed by atoms with Gasteiger partial charge in [0.1, 0.15) is 10.1 Å². The molecule has 0 spiro atoms. The fourth-order valence-electron chi connectivity index (χ4n) is 0.774. The van der Waals surface area contributed by atoms with Gasteiger partial charge in [0.2, 0.25) is 0 Å². The van der Waals surface area contributed by atoms with Crippen molar-refractivity contribution in [3.63, 3.8) is 0 Å². The second kappa shape index (κ2) is 5.17. The molecule has 2 N–H and O–H groups in total. The van der Waals surface area contributed by atoms with Gasteiger partial charge in [-0.25, -0.2) is 8.42 Å². The third-order valence-electron chi connectivity index (χ3n) is 1.54. The monoisotopic (exact) mass is 319 g/mol. The molecule has 1 aromatic rings. The van der Waals surface area contributed by atoms with E-state index in [0.717, 1.165) is 11.6 Å². The summed E-state index contributed by atoms with van der Waals surface area (Å²) in [5.74, 6) is 0. The number of nitrogens with two attached hydrogens (primary N) is 1. The van der Waals surface area contributed by atoms with Crippen molar-refractivity contribution >= 4 is 15.8 Å². The van der Waals surface area contributed by atoms with E-state index in [1.54, 1.807) is 6.92 Å². The van der Waals surface area contributed by atoms with Gasteiger partial charge in [0.25, 0.3) is 0 Å². The van der Waals surface area contributed by atoms with E-state index in [1.807, 2.05) is 0 Å². The Labute approximate surface area is 136 Å². The van der Waals surface area contributed by atoms with Crippen LogP contribution in [0.3, 0.4) is 0 Å². The molecule has 0 fully saturated rings. The number of rotatable bonds is 1. The summed E-state index contributed by atoms with van der Waals surface area (Å²) in [6.07, 6.45) is 0. The summed E-state index contributed by atoms with van der Waals surface area (Å²) in [6, 6.07) is 3.91. The van der Waals surface area contributed by atoms with Crippen molar-refractivity contribution in [2.75, 3.05) is 5.73 Å². The quantitative estimate of drug-likeness (QED) is 0.458. The average molecular weight is 319 g/mol. The van der Waals surface area contributed by atoms with Crippen LogP contribution in [0.15, 0.2) is 23.1 Å². The van der Waals surface area contributed by atoms with Crippen molar-refractivity contribution in [1.29, 1.82) is 0 Å². The van der Waals surface area contributed by atoms with Crippen LogP contribution < -0.4 is 74.6 Å². The molecule has 66 valence electrons. The number of hydrogen-bond acceptors (Lipinski definition) is 4. The van der Waals surface area contributed by atoms with Crippen molar-refractivity contribution in [2.24, 2.45) is 0 Å². The topological polar surface area (TPSA) is 83.2 Å². The molecule has 0 aliphatic carbocycles. The van der Waals surface area contributed by atoms with Gasteiger partial charge in [-0.15, -0.1) is 0 Å². The number of benzene rings is 1. The van der Waals surface area contributed by atoms with Crippen LogP contribution in [0.1, 0.15) is 5.56 Å². The molecule has 1 aromatic carbocycles. The zero-order valence-corrected chi connectivity index (χ0v) is 14.5. The molecule has 0 saturated heterocycles. The minimum atomic E-state index is -4.37. The molecule has 0 unspecified atom stereocenters. The molecule has 0 bridgehead atoms. The van der Waals surface area contributed by atoms with Crippen LogP contribution in [0.5, 0.6) is 0 Å². The molecule has 13 heavy (non-hydrogen) atoms. The van der Waals surface area contributed by atoms with Crippen molar-refractivity contribution in [2.45, 2.75) is 11.8 Å². The van der Waals surface area contributed by atoms with Crippen LogP contribution in [0.25, 0.3) is 0 Å². The van der Waals surface area contributed by atoms with Gasteiger partial charge in [0.05, 0.1) is 4.90 Å². The van der Waals surface area contributed by atoms with Gasteiger partial charge >= 0.3 is 68.9 Å². The zero-order chi connectivity index (χ0) is 9.35. The number of nitrogen functional groups attached to an aromatic ring is 1. The number of hydrogen-bond donors (Lipinski definition) is 1. The molecule has 0 aliphatic heterocycles. The summed E-state index contributed by atoms with van der Waals surface area (Å²) in [5, 5.41) is 0. The van der Waals surface area contributed by atoms with Gasteiger partial charge in [-0.3, -0.25) is 0 Å². The predicted octanol–water partition coefficient (Wildman–Crippen LogP) is -2.51. The summed E-state index contributed by atoms with van der Waals surface area (Å²) < 4.78 is 31.5. The van der Waals surface area contributed by atoms with Crippen LogP contribution in [0, 0.1) is 6.92 Å². The van der Waals surface area contributed by atoms with Crippen LogP contribution in [0.4, 0.5) is 5.69 Å². The van der Waals surface area contributed by atoms with Crippen molar-refractivity contribution < 1.29 is 81.9 Å². The van der Waals surface area contributed by atoms with E-state index in [1.165, 1.54) is 12.1 Å². The van der Waals surface area contributed by atoms with Crippen LogP contribution in [-0.2, 0) is 10.1 Å². The normalized spacial score (nSPS) is 10.6. The fraction of sp³-hybridized carbons (Fsp3) is 0.143. The third-order valence-corrected chi connectivity index (χ3v) is 2.37. The molecule has 1 rings (SSSR count). The molecular weight excluding hydrogens is 311 g/mol. The molecule has 0 heterocycles. The maximum atomic E-state index is 10.5. The summed E-state index contributed by atoms with van der Waals surface area (Å²) in [6.45, 7) is 1.73. The summed E-state index contributed by atoms with van der Waals surface area (Å²) in [5.41, 5.74) is 6.48. The number of anilines is 1. The second-order valence-corrected chi connectivity index (χ2v) is 3.85. The van der Waals surface area contributed by atoms with Crippen molar-refractivity contribution in [3.8, 4) is 0 Å². The van der Waals surface area contributed by atoms with Crippen LogP contribution in [0.2, 0.25) is 0 Å². The molecule has 0 aliphatic rings. The first-order chi connectivity index (χ1) is 5.41. The van der Waals surface area contributed by atoms with Gasteiger partial charge in [-0.2, -0.15) is 0 Å². The fourth-order valence-corrected chi connectivity index (χ4v) is 1.28. The molecule has 0 atom stereocenters. The number of aryl methyl sites for hydroxylation is 1. The molecule has 6 heteroatoms. The predicted molar refractivity (Wildman–Crippen MR) is 43.6 cm³/mol. The average Bonchev–Trinajstić information content (AvgIpc) is 1.92. The van der Waals surface area contributed by atoms with Gasteiger partial charge in [0, 0.05) is 5.69 Å². The first-order valence-corrected chi connectivity index (χ1v) is 4.64. The Morgan fingerprint density at radius 2 is 1.92 bits per heavy atom. The van der Waals surface area contributed by atoms with E-state index in [4.69, 9.17) is 5.73 Å². The minimum absolute atomic E-state index is 0. The van der Waals surface area contributed by atoms with Gasteiger partial charge in [-0.1, -0.05) is 6.07 Å². The van der Waals surface area contributed by atoms with E-state index < -0.39 is 10.1 Å². The Morgan fingerprint density at radius 3 is 2.31 bits per heavy atom. The zero-order valence-electron chi connectivity index (χ0n) is 7.44. The molecular formula is C7H8CsNO3S. The molecule has 0 aromatic heterocycles. The Morgan fingerprint density at radius 1 is 1.38 bits per heavy atom. The summed E-state index contributed by atoms with van der Waals surface area (Å²) in [7, 11) is -4.37. The Hall–Kier alpha value is 0.982. The summed E-state index contributed by atoms with van der Waals surface area (Å²) in [4.78, 5) is -0.286. The molecule has 4 nitrogen and oxygen atoms in total. The van der Waals surface area contributed by atoms with Crippen molar-refractivity contribution in [1.82, 2.24) is 0 Å². The third kappa shape index (κ3) is 3.92. The van der Waals surface area contributed by atoms with E-state index in [9.17, 15) is 13.0 Å². The van der Waals surface area contributed by atoms with E-state index in [-0.39, 0.29) is 73.8 Å². The van der Waals surface area contributed by atoms with Crippen LogP contribution in [-0.4, -0.2) is 13.0 Å². The summed E-state index contributed by atoms with van der Waals surface area (Å²) >= 11 is 0. The van der Waals surface area contributed by atoms with Gasteiger partial charge in [0.15, 0.2) is 0 Å². The largest absolute Gasteiger partial charge is 1.00 e. The molecule has 0 amide bonds.